The van der Waals surface area contributed by atoms with Crippen LogP contribution in [-0.2, 0) is 11.2 Å². The average molecular weight is 486 g/mol. The van der Waals surface area contributed by atoms with Gasteiger partial charge in [-0.3, -0.25) is 19.7 Å². The van der Waals surface area contributed by atoms with Crippen molar-refractivity contribution in [1.29, 1.82) is 0 Å². The number of amides is 2. The molecule has 0 radical (unpaired) electrons. The zero-order valence-electron chi connectivity index (χ0n) is 19.1. The number of halogens is 2. The summed E-state index contributed by atoms with van der Waals surface area (Å²) in [7, 11) is 1.53. The Morgan fingerprint density at radius 2 is 1.39 bits per heavy atom. The number of carbonyl (C=O) groups excluding carboxylic acids is 3. The smallest absolute Gasteiger partial charge is 0.251 e. The van der Waals surface area contributed by atoms with Gasteiger partial charge in [0.25, 0.3) is 5.91 Å². The largest absolute Gasteiger partial charge is 0.355 e. The summed E-state index contributed by atoms with van der Waals surface area (Å²) < 4.78 is 26.8. The quantitative estimate of drug-likeness (QED) is 0.382. The maximum Gasteiger partial charge on any atom is 0.251 e. The summed E-state index contributed by atoms with van der Waals surface area (Å²) in [5.74, 6) is -2.23. The van der Waals surface area contributed by atoms with E-state index >= 15 is 0 Å². The summed E-state index contributed by atoms with van der Waals surface area (Å²) in [6, 6.07) is 17.0. The van der Waals surface area contributed by atoms with Crippen LogP contribution < -0.4 is 10.6 Å². The topological polar surface area (TPSA) is 101 Å². The second-order valence-corrected chi connectivity index (χ2v) is 7.80. The van der Waals surface area contributed by atoms with Gasteiger partial charge in [0.15, 0.2) is 0 Å². The van der Waals surface area contributed by atoms with Crippen molar-refractivity contribution in [2.75, 3.05) is 12.4 Å². The van der Waals surface area contributed by atoms with Crippen molar-refractivity contribution in [2.45, 2.75) is 6.42 Å². The van der Waals surface area contributed by atoms with E-state index in [1.54, 1.807) is 24.3 Å². The van der Waals surface area contributed by atoms with Crippen LogP contribution in [0.4, 0.5) is 14.7 Å². The molecule has 0 fully saturated rings. The highest BCUT2D eigenvalue weighted by Crippen LogP contribution is 2.25. The number of nitrogens with zero attached hydrogens (tertiary/aromatic N) is 2. The number of ketones is 1. The fraction of sp³-hybridized carbons (Fsp3) is 0.0741. The Morgan fingerprint density at radius 1 is 0.806 bits per heavy atom. The van der Waals surface area contributed by atoms with Crippen LogP contribution in [0.3, 0.4) is 0 Å². The summed E-state index contributed by atoms with van der Waals surface area (Å²) in [6.07, 6.45) is 1.35. The van der Waals surface area contributed by atoms with E-state index < -0.39 is 23.3 Å². The number of benzene rings is 3. The zero-order chi connectivity index (χ0) is 25.7. The second kappa shape index (κ2) is 10.6. The third-order valence-electron chi connectivity index (χ3n) is 5.32. The summed E-state index contributed by atoms with van der Waals surface area (Å²) in [4.78, 5) is 45.9. The van der Waals surface area contributed by atoms with E-state index in [0.717, 1.165) is 12.1 Å². The SMILES string of the molecule is CNC(=O)c1ccc(CC(=O)Nc2ncc(-c3ccc(F)cc3)c(C(=O)c3ccc(F)cc3)n2)cc1. The van der Waals surface area contributed by atoms with Crippen molar-refractivity contribution in [2.24, 2.45) is 0 Å². The summed E-state index contributed by atoms with van der Waals surface area (Å²) in [5, 5.41) is 5.09. The van der Waals surface area contributed by atoms with Crippen molar-refractivity contribution in [3.8, 4) is 11.1 Å². The van der Waals surface area contributed by atoms with Crippen molar-refractivity contribution in [3.63, 3.8) is 0 Å². The number of hydrogen-bond acceptors (Lipinski definition) is 5. The molecule has 2 amide bonds. The van der Waals surface area contributed by atoms with Gasteiger partial charge in [-0.1, -0.05) is 24.3 Å². The average Bonchev–Trinajstić information content (AvgIpc) is 2.89. The molecule has 1 heterocycles. The molecular weight excluding hydrogens is 466 g/mol. The number of nitrogens with one attached hydrogen (secondary N) is 2. The molecule has 180 valence electrons. The third-order valence-corrected chi connectivity index (χ3v) is 5.32. The molecule has 0 aliphatic carbocycles. The van der Waals surface area contributed by atoms with Gasteiger partial charge in [-0.25, -0.2) is 18.7 Å². The molecule has 4 aromatic rings. The molecule has 2 N–H and O–H groups in total. The molecule has 0 unspecified atom stereocenters. The van der Waals surface area contributed by atoms with E-state index in [2.05, 4.69) is 20.6 Å². The summed E-state index contributed by atoms with van der Waals surface area (Å²) >= 11 is 0. The lowest BCUT2D eigenvalue weighted by Gasteiger charge is -2.11. The van der Waals surface area contributed by atoms with Gasteiger partial charge in [-0.15, -0.1) is 0 Å². The van der Waals surface area contributed by atoms with Gasteiger partial charge in [0.1, 0.15) is 17.3 Å². The first kappa shape index (κ1) is 24.3. The maximum atomic E-state index is 13.4. The highest BCUT2D eigenvalue weighted by molar-refractivity contribution is 6.11. The van der Waals surface area contributed by atoms with Crippen LogP contribution in [-0.4, -0.2) is 34.6 Å². The Balaban J connectivity index is 1.60. The van der Waals surface area contributed by atoms with E-state index in [9.17, 15) is 23.2 Å². The molecule has 4 rings (SSSR count). The molecule has 0 spiro atoms. The van der Waals surface area contributed by atoms with Crippen LogP contribution in [0.2, 0.25) is 0 Å². The summed E-state index contributed by atoms with van der Waals surface area (Å²) in [5.41, 5.74) is 2.10. The zero-order valence-corrected chi connectivity index (χ0v) is 19.1. The van der Waals surface area contributed by atoms with E-state index in [-0.39, 0.29) is 29.5 Å². The first-order valence-corrected chi connectivity index (χ1v) is 10.9. The maximum absolute atomic E-state index is 13.4. The minimum atomic E-state index is -0.517. The van der Waals surface area contributed by atoms with Crippen molar-refractivity contribution in [1.82, 2.24) is 15.3 Å². The van der Waals surface area contributed by atoms with Gasteiger partial charge < -0.3 is 5.32 Å². The van der Waals surface area contributed by atoms with Crippen molar-refractivity contribution < 1.29 is 23.2 Å². The Kier molecular flexibility index (Phi) is 7.20. The van der Waals surface area contributed by atoms with Gasteiger partial charge >= 0.3 is 0 Å². The lowest BCUT2D eigenvalue weighted by Crippen LogP contribution is -2.19. The van der Waals surface area contributed by atoms with Gasteiger partial charge in [0, 0.05) is 29.9 Å². The molecule has 3 aromatic carbocycles. The number of rotatable bonds is 7. The van der Waals surface area contributed by atoms with E-state index in [4.69, 9.17) is 0 Å². The van der Waals surface area contributed by atoms with Gasteiger partial charge in [-0.05, 0) is 59.7 Å². The third kappa shape index (κ3) is 5.64. The van der Waals surface area contributed by atoms with Crippen molar-refractivity contribution >= 4 is 23.5 Å². The number of anilines is 1. The first-order valence-electron chi connectivity index (χ1n) is 10.9. The van der Waals surface area contributed by atoms with E-state index in [0.29, 0.717) is 22.3 Å². The number of carbonyl (C=O) groups is 3. The lowest BCUT2D eigenvalue weighted by molar-refractivity contribution is -0.115. The highest BCUT2D eigenvalue weighted by Gasteiger charge is 2.20. The van der Waals surface area contributed by atoms with Crippen molar-refractivity contribution in [3.05, 3.63) is 113 Å². The van der Waals surface area contributed by atoms with E-state index in [1.165, 1.54) is 49.6 Å². The normalized spacial score (nSPS) is 10.5. The molecule has 0 saturated carbocycles. The fourth-order valence-corrected chi connectivity index (χ4v) is 3.47. The van der Waals surface area contributed by atoms with Gasteiger partial charge in [-0.2, -0.15) is 0 Å². The summed E-state index contributed by atoms with van der Waals surface area (Å²) in [6.45, 7) is 0. The standard InChI is InChI=1S/C27H20F2N4O3/c1-30-26(36)19-4-2-16(3-5-19)14-23(34)32-27-31-15-22(17-6-10-20(28)11-7-17)24(33-27)25(35)18-8-12-21(29)13-9-18/h2-13,15H,14H2,1H3,(H,30,36)(H,31,32,33,34). The molecule has 7 nitrogen and oxygen atoms in total. The molecule has 9 heteroatoms. The lowest BCUT2D eigenvalue weighted by atomic mass is 9.99. The molecule has 0 atom stereocenters. The van der Waals surface area contributed by atoms with Crippen LogP contribution in [0, 0.1) is 11.6 Å². The molecular formula is C27H20F2N4O3. The number of aromatic nitrogens is 2. The molecule has 0 saturated heterocycles. The highest BCUT2D eigenvalue weighted by atomic mass is 19.1. The van der Waals surface area contributed by atoms with Crippen LogP contribution in [0.15, 0.2) is 79.0 Å². The Bertz CT molecular complexity index is 1420. The predicted molar refractivity (Wildman–Crippen MR) is 129 cm³/mol. The minimum Gasteiger partial charge on any atom is -0.355 e. The van der Waals surface area contributed by atoms with Crippen LogP contribution >= 0.6 is 0 Å². The fourth-order valence-electron chi connectivity index (χ4n) is 3.47. The minimum absolute atomic E-state index is 0.0155. The molecule has 1 aromatic heterocycles. The van der Waals surface area contributed by atoms with Crippen LogP contribution in [0.5, 0.6) is 0 Å². The second-order valence-electron chi connectivity index (χ2n) is 7.80. The van der Waals surface area contributed by atoms with E-state index in [1.807, 2.05) is 0 Å². The molecule has 0 aliphatic rings. The molecule has 36 heavy (non-hydrogen) atoms. The first-order chi connectivity index (χ1) is 17.3. The molecule has 0 bridgehead atoms. The van der Waals surface area contributed by atoms with Crippen LogP contribution in [0.1, 0.15) is 32.0 Å². The predicted octanol–water partition coefficient (Wildman–Crippen LogP) is 4.19. The van der Waals surface area contributed by atoms with Crippen LogP contribution in [0.25, 0.3) is 11.1 Å². The Labute approximate surface area is 205 Å². The van der Waals surface area contributed by atoms with Gasteiger partial charge in [0.2, 0.25) is 17.6 Å². The molecule has 0 aliphatic heterocycles. The Morgan fingerprint density at radius 3 is 2.00 bits per heavy atom. The monoisotopic (exact) mass is 486 g/mol. The number of hydrogen-bond donors (Lipinski definition) is 2. The van der Waals surface area contributed by atoms with Gasteiger partial charge in [0.05, 0.1) is 6.42 Å². The Hall–Kier alpha value is -4.79.